The quantitative estimate of drug-likeness (QED) is 0.528. The van der Waals surface area contributed by atoms with E-state index < -0.39 is 0 Å². The van der Waals surface area contributed by atoms with Crippen LogP contribution in [0.25, 0.3) is 5.57 Å². The lowest BCUT2D eigenvalue weighted by molar-refractivity contribution is 0.0689. The van der Waals surface area contributed by atoms with Gasteiger partial charge in [0.1, 0.15) is 11.0 Å². The lowest BCUT2D eigenvalue weighted by Crippen LogP contribution is -2.33. The summed E-state index contributed by atoms with van der Waals surface area (Å²) in [6.45, 7) is 6.83. The molecule has 0 aromatic carbocycles. The fourth-order valence-corrected chi connectivity index (χ4v) is 5.43. The molecule has 0 spiro atoms. The van der Waals surface area contributed by atoms with Crippen LogP contribution in [-0.2, 0) is 4.74 Å². The molecule has 2 fully saturated rings. The SMILES string of the molecule is CC1C(=NCC2CCOCC2)C=NC(Cl)=C(c2cc(NC3CCC(N)CC3)ncc2Cl)C1C. The number of rotatable bonds is 5. The number of aliphatic imine (C=N–C) groups is 2. The summed E-state index contributed by atoms with van der Waals surface area (Å²) in [5.41, 5.74) is 8.87. The van der Waals surface area contributed by atoms with E-state index in [2.05, 4.69) is 29.1 Å². The summed E-state index contributed by atoms with van der Waals surface area (Å²) in [5.74, 6) is 1.66. The Morgan fingerprint density at radius 3 is 2.55 bits per heavy atom. The molecule has 8 heteroatoms. The van der Waals surface area contributed by atoms with Gasteiger partial charge in [-0.3, -0.25) is 4.99 Å². The van der Waals surface area contributed by atoms with Crippen molar-refractivity contribution in [3.63, 3.8) is 0 Å². The van der Waals surface area contributed by atoms with Gasteiger partial charge in [-0.1, -0.05) is 37.0 Å². The summed E-state index contributed by atoms with van der Waals surface area (Å²) >= 11 is 13.4. The highest BCUT2D eigenvalue weighted by Crippen LogP contribution is 2.40. The van der Waals surface area contributed by atoms with Crippen molar-refractivity contribution in [2.75, 3.05) is 25.1 Å². The van der Waals surface area contributed by atoms with E-state index >= 15 is 0 Å². The van der Waals surface area contributed by atoms with E-state index in [9.17, 15) is 0 Å². The molecule has 1 saturated carbocycles. The van der Waals surface area contributed by atoms with Gasteiger partial charge in [0.05, 0.1) is 10.7 Å². The number of allylic oxidation sites excluding steroid dienone is 1. The highest BCUT2D eigenvalue weighted by atomic mass is 35.5. The maximum atomic E-state index is 6.73. The molecule has 33 heavy (non-hydrogen) atoms. The standard InChI is InChI=1S/C25H35Cl2N5O/c1-15-16(2)24(25(27)31-14-22(15)29-12-17-7-9-33-10-8-17)20-11-23(30-13-21(20)26)32-19-5-3-18(28)4-6-19/h11,13-19H,3-10,12,28H2,1-2H3,(H,30,32). The van der Waals surface area contributed by atoms with E-state index in [4.69, 9.17) is 38.7 Å². The molecule has 1 aromatic heterocycles. The number of hydrogen-bond donors (Lipinski definition) is 2. The Bertz CT molecular complexity index is 917. The Balaban J connectivity index is 1.52. The lowest BCUT2D eigenvalue weighted by Gasteiger charge is -2.28. The van der Waals surface area contributed by atoms with Crippen molar-refractivity contribution < 1.29 is 4.74 Å². The van der Waals surface area contributed by atoms with Crippen molar-refractivity contribution in [2.24, 2.45) is 33.5 Å². The lowest BCUT2D eigenvalue weighted by atomic mass is 9.83. The number of nitrogens with one attached hydrogen (secondary N) is 1. The van der Waals surface area contributed by atoms with Gasteiger partial charge >= 0.3 is 0 Å². The number of nitrogens with zero attached hydrogens (tertiary/aromatic N) is 3. The number of halogens is 2. The fourth-order valence-electron chi connectivity index (χ4n) is 4.91. The zero-order valence-electron chi connectivity index (χ0n) is 19.6. The van der Waals surface area contributed by atoms with Crippen molar-refractivity contribution in [3.05, 3.63) is 28.0 Å². The molecule has 3 N–H and O–H groups in total. The number of pyridine rings is 1. The average molecular weight is 492 g/mol. The smallest absolute Gasteiger partial charge is 0.133 e. The highest BCUT2D eigenvalue weighted by molar-refractivity contribution is 6.39. The van der Waals surface area contributed by atoms with E-state index in [-0.39, 0.29) is 11.8 Å². The van der Waals surface area contributed by atoms with Crippen molar-refractivity contribution in [1.82, 2.24) is 4.98 Å². The first-order valence-corrected chi connectivity index (χ1v) is 12.9. The van der Waals surface area contributed by atoms with E-state index in [0.717, 1.165) is 80.9 Å². The van der Waals surface area contributed by atoms with Crippen LogP contribution in [0.5, 0.6) is 0 Å². The molecule has 1 aromatic rings. The van der Waals surface area contributed by atoms with Crippen molar-refractivity contribution in [2.45, 2.75) is 64.5 Å². The third kappa shape index (κ3) is 6.16. The number of nitrogens with two attached hydrogens (primary N) is 1. The van der Waals surface area contributed by atoms with Gasteiger partial charge < -0.3 is 15.8 Å². The largest absolute Gasteiger partial charge is 0.381 e. The van der Waals surface area contributed by atoms with Crippen LogP contribution in [0.2, 0.25) is 5.02 Å². The van der Waals surface area contributed by atoms with Gasteiger partial charge in [0.15, 0.2) is 0 Å². The highest BCUT2D eigenvalue weighted by Gasteiger charge is 2.29. The van der Waals surface area contributed by atoms with Crippen LogP contribution in [0.4, 0.5) is 5.82 Å². The number of aromatic nitrogens is 1. The molecule has 3 aliphatic rings. The predicted octanol–water partition coefficient (Wildman–Crippen LogP) is 5.55. The second-order valence-electron chi connectivity index (χ2n) is 9.67. The Morgan fingerprint density at radius 2 is 1.82 bits per heavy atom. The Hall–Kier alpha value is -1.47. The van der Waals surface area contributed by atoms with Crippen LogP contribution in [-0.4, -0.2) is 48.8 Å². The number of hydrogen-bond acceptors (Lipinski definition) is 6. The van der Waals surface area contributed by atoms with Crippen molar-refractivity contribution in [3.8, 4) is 0 Å². The first kappa shape index (κ1) is 24.6. The summed E-state index contributed by atoms with van der Waals surface area (Å²) in [6, 6.07) is 2.70. The second kappa shape index (κ2) is 11.3. The first-order chi connectivity index (χ1) is 15.9. The van der Waals surface area contributed by atoms with Crippen molar-refractivity contribution in [1.29, 1.82) is 0 Å². The Kier molecular flexibility index (Phi) is 8.44. The van der Waals surface area contributed by atoms with E-state index in [1.165, 1.54) is 0 Å². The minimum absolute atomic E-state index is 0.105. The molecule has 2 aliphatic heterocycles. The maximum absolute atomic E-state index is 6.73. The second-order valence-corrected chi connectivity index (χ2v) is 10.4. The van der Waals surface area contributed by atoms with Crippen LogP contribution < -0.4 is 11.1 Å². The monoisotopic (exact) mass is 491 g/mol. The van der Waals surface area contributed by atoms with Crippen LogP contribution in [0.1, 0.15) is 57.9 Å². The molecule has 1 aliphatic carbocycles. The van der Waals surface area contributed by atoms with Gasteiger partial charge in [0.25, 0.3) is 0 Å². The summed E-state index contributed by atoms with van der Waals surface area (Å²) in [5, 5.41) is 4.61. The number of anilines is 1. The van der Waals surface area contributed by atoms with E-state index in [1.807, 2.05) is 12.3 Å². The third-order valence-electron chi connectivity index (χ3n) is 7.35. The summed E-state index contributed by atoms with van der Waals surface area (Å²) in [4.78, 5) is 14.0. The third-order valence-corrected chi connectivity index (χ3v) is 7.95. The van der Waals surface area contributed by atoms with Crippen LogP contribution >= 0.6 is 23.2 Å². The summed E-state index contributed by atoms with van der Waals surface area (Å²) in [6.07, 6.45) is 9.84. The van der Waals surface area contributed by atoms with Crippen LogP contribution in [0.3, 0.4) is 0 Å². The van der Waals surface area contributed by atoms with Gasteiger partial charge in [-0.15, -0.1) is 0 Å². The molecule has 2 unspecified atom stereocenters. The van der Waals surface area contributed by atoms with E-state index in [0.29, 0.717) is 28.2 Å². The summed E-state index contributed by atoms with van der Waals surface area (Å²) < 4.78 is 5.47. The fraction of sp³-hybridized carbons (Fsp3) is 0.640. The molecular formula is C25H35Cl2N5O. The minimum atomic E-state index is 0.105. The normalized spacial score (nSPS) is 30.5. The van der Waals surface area contributed by atoms with Crippen LogP contribution in [0, 0.1) is 17.8 Å². The minimum Gasteiger partial charge on any atom is -0.381 e. The molecular weight excluding hydrogens is 457 g/mol. The molecule has 4 rings (SSSR count). The number of ether oxygens (including phenoxy) is 1. The molecule has 0 bridgehead atoms. The molecule has 2 atom stereocenters. The van der Waals surface area contributed by atoms with Gasteiger partial charge in [0.2, 0.25) is 0 Å². The molecule has 6 nitrogen and oxygen atoms in total. The van der Waals surface area contributed by atoms with Crippen LogP contribution in [0.15, 0.2) is 27.4 Å². The topological polar surface area (TPSA) is 84.9 Å². The maximum Gasteiger partial charge on any atom is 0.133 e. The zero-order valence-corrected chi connectivity index (χ0v) is 21.1. The van der Waals surface area contributed by atoms with Gasteiger partial charge in [-0.05, 0) is 56.4 Å². The molecule has 0 amide bonds. The van der Waals surface area contributed by atoms with Gasteiger partial charge in [-0.25, -0.2) is 9.98 Å². The zero-order chi connectivity index (χ0) is 23.4. The predicted molar refractivity (Wildman–Crippen MR) is 139 cm³/mol. The summed E-state index contributed by atoms with van der Waals surface area (Å²) in [7, 11) is 0. The molecule has 3 heterocycles. The molecule has 180 valence electrons. The first-order valence-electron chi connectivity index (χ1n) is 12.2. The Morgan fingerprint density at radius 1 is 1.09 bits per heavy atom. The molecule has 1 saturated heterocycles. The van der Waals surface area contributed by atoms with Crippen molar-refractivity contribution >= 4 is 46.5 Å². The van der Waals surface area contributed by atoms with Gasteiger partial charge in [0, 0.05) is 61.3 Å². The average Bonchev–Trinajstić information content (AvgIpc) is 2.92. The Labute approximate surface area is 207 Å². The molecule has 0 radical (unpaired) electrons. The van der Waals surface area contributed by atoms with Gasteiger partial charge in [-0.2, -0.15) is 0 Å². The van der Waals surface area contributed by atoms with E-state index in [1.54, 1.807) is 6.20 Å².